The van der Waals surface area contributed by atoms with Crippen molar-refractivity contribution in [1.82, 2.24) is 19.5 Å². The van der Waals surface area contributed by atoms with Gasteiger partial charge in [0.1, 0.15) is 0 Å². The number of hydrogen-bond acceptors (Lipinski definition) is 3. The summed E-state index contributed by atoms with van der Waals surface area (Å²) < 4.78 is 2.32. The quantitative estimate of drug-likeness (QED) is 0.166. The number of nitrogens with zero attached hydrogens (tertiary/aromatic N) is 4. The van der Waals surface area contributed by atoms with E-state index < -0.39 is 0 Å². The monoisotopic (exact) mass is 702 g/mol. The van der Waals surface area contributed by atoms with Crippen LogP contribution in [0.3, 0.4) is 0 Å². The van der Waals surface area contributed by atoms with E-state index in [1.54, 1.807) is 0 Å². The van der Waals surface area contributed by atoms with Gasteiger partial charge in [-0.3, -0.25) is 0 Å². The highest BCUT2D eigenvalue weighted by Gasteiger charge is 2.16. The molecule has 0 aliphatic heterocycles. The Morgan fingerprint density at radius 2 is 0.618 bits per heavy atom. The molecular formula is C51H34N4. The first kappa shape index (κ1) is 32.2. The van der Waals surface area contributed by atoms with E-state index in [9.17, 15) is 0 Å². The molecule has 258 valence electrons. The van der Waals surface area contributed by atoms with E-state index in [-0.39, 0.29) is 0 Å². The standard InChI is InChI=1S/C51H34N4/c1-3-13-35(14-4-1)37-25-29-39(30-26-37)49-52-50(40-31-27-38(28-32-40)42-18-11-17-41(33-42)36-15-5-2-6-16-36)54-51(53-49)43-19-12-20-44(34-43)55-47-23-9-7-21-45(47)46-22-8-10-24-48(46)55/h1-34H. The summed E-state index contributed by atoms with van der Waals surface area (Å²) in [6.45, 7) is 0. The maximum Gasteiger partial charge on any atom is 0.164 e. The lowest BCUT2D eigenvalue weighted by atomic mass is 9.98. The minimum absolute atomic E-state index is 0.620. The molecule has 2 aromatic heterocycles. The van der Waals surface area contributed by atoms with Gasteiger partial charge in [-0.25, -0.2) is 15.0 Å². The van der Waals surface area contributed by atoms with E-state index >= 15 is 0 Å². The van der Waals surface area contributed by atoms with Gasteiger partial charge >= 0.3 is 0 Å². The van der Waals surface area contributed by atoms with Crippen molar-refractivity contribution in [3.8, 4) is 73.2 Å². The van der Waals surface area contributed by atoms with Gasteiger partial charge in [-0.15, -0.1) is 0 Å². The number of benzene rings is 8. The van der Waals surface area contributed by atoms with Gasteiger partial charge in [-0.1, -0.05) is 176 Å². The van der Waals surface area contributed by atoms with Crippen molar-refractivity contribution in [3.63, 3.8) is 0 Å². The van der Waals surface area contributed by atoms with Crippen LogP contribution >= 0.6 is 0 Å². The first-order chi connectivity index (χ1) is 27.2. The van der Waals surface area contributed by atoms with Crippen LogP contribution in [-0.4, -0.2) is 19.5 Å². The van der Waals surface area contributed by atoms with E-state index in [0.717, 1.165) is 50.1 Å². The van der Waals surface area contributed by atoms with Crippen molar-refractivity contribution in [2.24, 2.45) is 0 Å². The molecule has 10 rings (SSSR count). The van der Waals surface area contributed by atoms with Crippen molar-refractivity contribution in [1.29, 1.82) is 0 Å². The molecule has 8 aromatic carbocycles. The summed E-state index contributed by atoms with van der Waals surface area (Å²) in [5.74, 6) is 1.87. The number of para-hydroxylation sites is 2. The van der Waals surface area contributed by atoms with Crippen molar-refractivity contribution >= 4 is 21.8 Å². The van der Waals surface area contributed by atoms with Crippen LogP contribution < -0.4 is 0 Å². The van der Waals surface area contributed by atoms with Crippen LogP contribution in [0.25, 0.3) is 95.0 Å². The predicted octanol–water partition coefficient (Wildman–Crippen LogP) is 13.0. The lowest BCUT2D eigenvalue weighted by Crippen LogP contribution is -2.01. The predicted molar refractivity (Wildman–Crippen MR) is 227 cm³/mol. The fraction of sp³-hybridized carbons (Fsp3) is 0. The zero-order chi connectivity index (χ0) is 36.6. The Balaban J connectivity index is 1.07. The average Bonchev–Trinajstić information content (AvgIpc) is 3.61. The molecule has 0 aliphatic carbocycles. The molecule has 0 aliphatic rings. The van der Waals surface area contributed by atoms with Crippen molar-refractivity contribution in [2.45, 2.75) is 0 Å². The molecule has 0 radical (unpaired) electrons. The summed E-state index contributed by atoms with van der Waals surface area (Å²) in [7, 11) is 0. The molecule has 4 heteroatoms. The minimum atomic E-state index is 0.620. The topological polar surface area (TPSA) is 43.6 Å². The third-order valence-electron chi connectivity index (χ3n) is 10.3. The minimum Gasteiger partial charge on any atom is -0.309 e. The molecule has 0 bridgehead atoms. The summed E-state index contributed by atoms with van der Waals surface area (Å²) in [6.07, 6.45) is 0. The van der Waals surface area contributed by atoms with Crippen LogP contribution in [0, 0.1) is 0 Å². The Morgan fingerprint density at radius 3 is 1.16 bits per heavy atom. The van der Waals surface area contributed by atoms with Crippen molar-refractivity contribution in [3.05, 3.63) is 206 Å². The first-order valence-electron chi connectivity index (χ1n) is 18.5. The maximum atomic E-state index is 5.14. The average molecular weight is 703 g/mol. The van der Waals surface area contributed by atoms with Gasteiger partial charge in [0.05, 0.1) is 11.0 Å². The number of hydrogen-bond donors (Lipinski definition) is 0. The molecule has 2 heterocycles. The van der Waals surface area contributed by atoms with Gasteiger partial charge in [0.15, 0.2) is 17.5 Å². The molecule has 0 atom stereocenters. The summed E-state index contributed by atoms with van der Waals surface area (Å²) in [5.41, 5.74) is 13.1. The third-order valence-corrected chi connectivity index (χ3v) is 10.3. The summed E-state index contributed by atoms with van der Waals surface area (Å²) in [6, 6.07) is 72.2. The highest BCUT2D eigenvalue weighted by Crippen LogP contribution is 2.34. The summed E-state index contributed by atoms with van der Waals surface area (Å²) in [4.78, 5) is 15.3. The lowest BCUT2D eigenvalue weighted by molar-refractivity contribution is 1.07. The van der Waals surface area contributed by atoms with Gasteiger partial charge in [0.25, 0.3) is 0 Å². The van der Waals surface area contributed by atoms with Crippen LogP contribution in [0.5, 0.6) is 0 Å². The fourth-order valence-electron chi connectivity index (χ4n) is 7.51. The molecule has 0 fully saturated rings. The summed E-state index contributed by atoms with van der Waals surface area (Å²) >= 11 is 0. The zero-order valence-corrected chi connectivity index (χ0v) is 29.9. The Bertz CT molecular complexity index is 2900. The molecule has 0 amide bonds. The van der Waals surface area contributed by atoms with Crippen LogP contribution in [-0.2, 0) is 0 Å². The SMILES string of the molecule is c1ccc(-c2ccc(-c3nc(-c4ccc(-c5cccc(-c6ccccc6)c5)cc4)nc(-c4cccc(-n5c6ccccc6c6ccccc65)c4)n3)cc2)cc1. The van der Waals surface area contributed by atoms with Crippen molar-refractivity contribution < 1.29 is 0 Å². The van der Waals surface area contributed by atoms with Gasteiger partial charge in [-0.2, -0.15) is 0 Å². The van der Waals surface area contributed by atoms with Crippen molar-refractivity contribution in [2.75, 3.05) is 0 Å². The number of fused-ring (bicyclic) bond motifs is 3. The Labute approximate surface area is 319 Å². The normalized spacial score (nSPS) is 11.3. The largest absolute Gasteiger partial charge is 0.309 e. The van der Waals surface area contributed by atoms with E-state index in [1.165, 1.54) is 27.5 Å². The van der Waals surface area contributed by atoms with Crippen LogP contribution in [0.4, 0.5) is 0 Å². The molecule has 0 saturated carbocycles. The van der Waals surface area contributed by atoms with Gasteiger partial charge in [0, 0.05) is 33.2 Å². The van der Waals surface area contributed by atoms with Crippen LogP contribution in [0.2, 0.25) is 0 Å². The third kappa shape index (κ3) is 6.16. The smallest absolute Gasteiger partial charge is 0.164 e. The number of rotatable bonds is 7. The van der Waals surface area contributed by atoms with Crippen LogP contribution in [0.1, 0.15) is 0 Å². The summed E-state index contributed by atoms with van der Waals surface area (Å²) in [5, 5.41) is 2.45. The second-order valence-corrected chi connectivity index (χ2v) is 13.7. The molecular weight excluding hydrogens is 669 g/mol. The Hall–Kier alpha value is -7.43. The van der Waals surface area contributed by atoms with E-state index in [0.29, 0.717) is 17.5 Å². The lowest BCUT2D eigenvalue weighted by Gasteiger charge is -2.12. The first-order valence-corrected chi connectivity index (χ1v) is 18.5. The second-order valence-electron chi connectivity index (χ2n) is 13.7. The van der Waals surface area contributed by atoms with Gasteiger partial charge in [-0.05, 0) is 63.7 Å². The molecule has 4 nitrogen and oxygen atoms in total. The molecule has 55 heavy (non-hydrogen) atoms. The zero-order valence-electron chi connectivity index (χ0n) is 29.9. The Morgan fingerprint density at radius 1 is 0.255 bits per heavy atom. The van der Waals surface area contributed by atoms with Gasteiger partial charge < -0.3 is 4.57 Å². The molecule has 0 spiro atoms. The number of aromatic nitrogens is 4. The van der Waals surface area contributed by atoms with Crippen LogP contribution in [0.15, 0.2) is 206 Å². The Kier molecular flexibility index (Phi) is 8.12. The molecule has 0 unspecified atom stereocenters. The highest BCUT2D eigenvalue weighted by atomic mass is 15.0. The fourth-order valence-corrected chi connectivity index (χ4v) is 7.51. The van der Waals surface area contributed by atoms with E-state index in [4.69, 9.17) is 15.0 Å². The second kappa shape index (κ2) is 13.8. The van der Waals surface area contributed by atoms with E-state index in [1.807, 2.05) is 12.1 Å². The van der Waals surface area contributed by atoms with E-state index in [2.05, 4.69) is 199 Å². The molecule has 0 N–H and O–H groups in total. The highest BCUT2D eigenvalue weighted by molar-refractivity contribution is 6.09. The maximum absolute atomic E-state index is 5.14. The van der Waals surface area contributed by atoms with Gasteiger partial charge in [0.2, 0.25) is 0 Å². The molecule has 10 aromatic rings. The molecule has 0 saturated heterocycles.